The molecule has 0 bridgehead atoms. The maximum Gasteiger partial charge on any atom is 0.246 e. The number of likely N-dealkylation sites (tertiary alicyclic amines) is 1. The Labute approximate surface area is 211 Å². The van der Waals surface area contributed by atoms with Crippen LogP contribution >= 0.6 is 11.6 Å². The van der Waals surface area contributed by atoms with Gasteiger partial charge in [0.25, 0.3) is 0 Å². The van der Waals surface area contributed by atoms with E-state index in [4.69, 9.17) is 18.0 Å². The number of rotatable bonds is 3. The van der Waals surface area contributed by atoms with Gasteiger partial charge in [0.15, 0.2) is 5.82 Å². The Morgan fingerprint density at radius 3 is 2.86 bits per heavy atom. The number of fused-ring (bicyclic) bond motifs is 3. The first-order valence-corrected chi connectivity index (χ1v) is 11.8. The van der Waals surface area contributed by atoms with Gasteiger partial charge in [0.2, 0.25) is 5.91 Å². The molecule has 2 aromatic carbocycles. The summed E-state index contributed by atoms with van der Waals surface area (Å²) in [6, 6.07) is 9.95. The number of aromatic nitrogens is 2. The van der Waals surface area contributed by atoms with E-state index >= 15 is 4.39 Å². The summed E-state index contributed by atoms with van der Waals surface area (Å²) in [6.07, 6.45) is 9.28. The van der Waals surface area contributed by atoms with Crippen molar-refractivity contribution in [2.45, 2.75) is 18.5 Å². The molecule has 0 spiro atoms. The van der Waals surface area contributed by atoms with E-state index in [0.717, 1.165) is 6.42 Å². The molecule has 2 saturated heterocycles. The molecule has 8 heteroatoms. The summed E-state index contributed by atoms with van der Waals surface area (Å²) < 4.78 is 30.5. The van der Waals surface area contributed by atoms with Gasteiger partial charge in [0.05, 0.1) is 23.3 Å². The van der Waals surface area contributed by atoms with Gasteiger partial charge in [-0.3, -0.25) is 9.78 Å². The second kappa shape index (κ2) is 8.28. The molecular weight excluding hydrogens is 482 g/mol. The second-order valence-electron chi connectivity index (χ2n) is 8.93. The number of anilines is 1. The molecule has 2 atom stereocenters. The molecule has 0 radical (unpaired) electrons. The first-order chi connectivity index (χ1) is 17.4. The van der Waals surface area contributed by atoms with E-state index < -0.39 is 11.6 Å². The van der Waals surface area contributed by atoms with Crippen LogP contribution in [0.5, 0.6) is 0 Å². The second-order valence-corrected chi connectivity index (χ2v) is 9.32. The van der Waals surface area contributed by atoms with E-state index in [1.807, 2.05) is 4.90 Å². The maximum absolute atomic E-state index is 16.0. The standard InChI is InChI=1S/C28H19ClF2N4O/c1-3-16-19(30)9-8-15-6-5-7-17(25(15)16)27-26(31)28-18(13-32-27)21(12-23(29)33-28)35-14-22-20(35)10-11-34(22)24(36)4-2/h1,4-9,12-13,20,22H,2,10-11,14H2/t20-,22-/m1/s1. The number of carbonyl (C=O) groups is 1. The fourth-order valence-electron chi connectivity index (χ4n) is 5.51. The molecule has 2 fully saturated rings. The van der Waals surface area contributed by atoms with Gasteiger partial charge in [-0.1, -0.05) is 48.4 Å². The molecular formula is C28H19ClF2N4O. The van der Waals surface area contributed by atoms with Crippen molar-refractivity contribution in [1.29, 1.82) is 0 Å². The first kappa shape index (κ1) is 22.4. The van der Waals surface area contributed by atoms with Crippen LogP contribution < -0.4 is 4.90 Å². The first-order valence-electron chi connectivity index (χ1n) is 11.5. The summed E-state index contributed by atoms with van der Waals surface area (Å²) in [6.45, 7) is 4.82. The number of hydrogen-bond acceptors (Lipinski definition) is 4. The lowest BCUT2D eigenvalue weighted by molar-refractivity contribution is -0.127. The van der Waals surface area contributed by atoms with E-state index in [2.05, 4.69) is 27.4 Å². The number of benzene rings is 2. The molecule has 4 aromatic rings. The average molecular weight is 501 g/mol. The van der Waals surface area contributed by atoms with Crippen molar-refractivity contribution in [2.24, 2.45) is 0 Å². The number of terminal acetylenes is 1. The van der Waals surface area contributed by atoms with Crippen molar-refractivity contribution >= 4 is 44.9 Å². The fraction of sp³-hybridized carbons (Fsp3) is 0.179. The van der Waals surface area contributed by atoms with Gasteiger partial charge in [-0.15, -0.1) is 6.42 Å². The normalized spacial score (nSPS) is 18.7. The highest BCUT2D eigenvalue weighted by Gasteiger charge is 2.48. The van der Waals surface area contributed by atoms with Crippen molar-refractivity contribution in [3.63, 3.8) is 0 Å². The van der Waals surface area contributed by atoms with Crippen LogP contribution in [0.25, 0.3) is 32.9 Å². The molecule has 2 aliphatic heterocycles. The fourth-order valence-corrected chi connectivity index (χ4v) is 5.70. The van der Waals surface area contributed by atoms with Gasteiger partial charge in [0, 0.05) is 35.6 Å². The van der Waals surface area contributed by atoms with Gasteiger partial charge in [0.1, 0.15) is 22.2 Å². The van der Waals surface area contributed by atoms with Crippen molar-refractivity contribution in [3.05, 3.63) is 77.6 Å². The van der Waals surface area contributed by atoms with E-state index in [0.29, 0.717) is 40.5 Å². The summed E-state index contributed by atoms with van der Waals surface area (Å²) in [4.78, 5) is 24.8. The van der Waals surface area contributed by atoms with Crippen LogP contribution in [0.2, 0.25) is 5.15 Å². The monoisotopic (exact) mass is 500 g/mol. The molecule has 178 valence electrons. The molecule has 2 aliphatic rings. The van der Waals surface area contributed by atoms with E-state index in [1.54, 1.807) is 36.5 Å². The number of nitrogens with zero attached hydrogens (tertiary/aromatic N) is 4. The Kier molecular flexibility index (Phi) is 5.16. The quantitative estimate of drug-likeness (QED) is 0.216. The van der Waals surface area contributed by atoms with Gasteiger partial charge in [-0.2, -0.15) is 0 Å². The molecule has 6 rings (SSSR count). The third-order valence-electron chi connectivity index (χ3n) is 7.20. The summed E-state index contributed by atoms with van der Waals surface area (Å²) in [5.74, 6) is 1.08. The highest BCUT2D eigenvalue weighted by atomic mass is 35.5. The zero-order valence-electron chi connectivity index (χ0n) is 19.0. The zero-order valence-corrected chi connectivity index (χ0v) is 19.8. The summed E-state index contributed by atoms with van der Waals surface area (Å²) in [5.41, 5.74) is 1.22. The third-order valence-corrected chi connectivity index (χ3v) is 7.39. The molecule has 5 nitrogen and oxygen atoms in total. The predicted molar refractivity (Wildman–Crippen MR) is 137 cm³/mol. The van der Waals surface area contributed by atoms with Crippen LogP contribution in [-0.2, 0) is 4.79 Å². The van der Waals surface area contributed by atoms with Gasteiger partial charge >= 0.3 is 0 Å². The highest BCUT2D eigenvalue weighted by molar-refractivity contribution is 6.30. The van der Waals surface area contributed by atoms with E-state index in [1.165, 1.54) is 12.1 Å². The lowest BCUT2D eigenvalue weighted by Crippen LogP contribution is -2.62. The lowest BCUT2D eigenvalue weighted by Gasteiger charge is -2.48. The molecule has 0 aliphatic carbocycles. The minimum absolute atomic E-state index is 0.0148. The van der Waals surface area contributed by atoms with Gasteiger partial charge < -0.3 is 9.80 Å². The van der Waals surface area contributed by atoms with Crippen molar-refractivity contribution in [1.82, 2.24) is 14.9 Å². The van der Waals surface area contributed by atoms with Crippen LogP contribution in [-0.4, -0.2) is 45.9 Å². The third kappa shape index (κ3) is 3.18. The maximum atomic E-state index is 16.0. The van der Waals surface area contributed by atoms with Crippen LogP contribution in [0, 0.1) is 24.0 Å². The van der Waals surface area contributed by atoms with Gasteiger partial charge in [-0.25, -0.2) is 13.8 Å². The van der Waals surface area contributed by atoms with Crippen molar-refractivity contribution < 1.29 is 13.6 Å². The smallest absolute Gasteiger partial charge is 0.246 e. The summed E-state index contributed by atoms with van der Waals surface area (Å²) in [5, 5.41) is 1.74. The van der Waals surface area contributed by atoms with Crippen molar-refractivity contribution in [2.75, 3.05) is 18.0 Å². The van der Waals surface area contributed by atoms with Crippen LogP contribution in [0.4, 0.5) is 14.5 Å². The Balaban J connectivity index is 1.48. The number of amides is 1. The summed E-state index contributed by atoms with van der Waals surface area (Å²) in [7, 11) is 0. The number of pyridine rings is 2. The molecule has 2 aromatic heterocycles. The molecule has 1 amide bonds. The topological polar surface area (TPSA) is 49.3 Å². The molecule has 4 heterocycles. The number of carbonyl (C=O) groups excluding carboxylic acids is 1. The van der Waals surface area contributed by atoms with E-state index in [-0.39, 0.29) is 39.9 Å². The molecule has 0 saturated carbocycles. The Morgan fingerprint density at radius 1 is 1.25 bits per heavy atom. The Bertz CT molecular complexity index is 1650. The van der Waals surface area contributed by atoms with Crippen LogP contribution in [0.3, 0.4) is 0 Å². The van der Waals surface area contributed by atoms with Crippen molar-refractivity contribution in [3.8, 4) is 23.6 Å². The Hall–Kier alpha value is -4.02. The molecule has 0 N–H and O–H groups in total. The van der Waals surface area contributed by atoms with E-state index in [9.17, 15) is 9.18 Å². The average Bonchev–Trinajstić information content (AvgIpc) is 3.19. The van der Waals surface area contributed by atoms with Crippen LogP contribution in [0.15, 0.2) is 55.3 Å². The molecule has 0 unspecified atom stereocenters. The minimum Gasteiger partial charge on any atom is -0.364 e. The number of hydrogen-bond donors (Lipinski definition) is 0. The minimum atomic E-state index is -0.664. The molecule has 36 heavy (non-hydrogen) atoms. The van der Waals surface area contributed by atoms with Gasteiger partial charge in [-0.05, 0) is 30.0 Å². The van der Waals surface area contributed by atoms with Crippen LogP contribution in [0.1, 0.15) is 12.0 Å². The summed E-state index contributed by atoms with van der Waals surface area (Å²) >= 11 is 6.35. The number of halogens is 3. The highest BCUT2D eigenvalue weighted by Crippen LogP contribution is 2.42. The largest absolute Gasteiger partial charge is 0.364 e. The Morgan fingerprint density at radius 2 is 2.08 bits per heavy atom. The predicted octanol–water partition coefficient (Wildman–Crippen LogP) is 5.34. The zero-order chi connectivity index (χ0) is 25.1. The SMILES string of the molecule is C#Cc1c(F)ccc2cccc(-c3ncc4c(N5C[C@@H]6[C@H]5CCN6C(=O)C=C)cc(Cl)nc4c3F)c12. The lowest BCUT2D eigenvalue weighted by atomic mass is 9.94.